The average molecular weight is 407 g/mol. The third-order valence-corrected chi connectivity index (χ3v) is 6.83. The molecule has 1 unspecified atom stereocenters. The smallest absolute Gasteiger partial charge is 0.375 e. The molecule has 1 aliphatic rings. The fourth-order valence-corrected chi connectivity index (χ4v) is 5.24. The largest absolute Gasteiger partial charge is 0.450 e. The Kier molecular flexibility index (Phi) is 6.07. The maximum absolute atomic E-state index is 12.7. The Morgan fingerprint density at radius 3 is 2.68 bits per heavy atom. The Morgan fingerprint density at radius 2 is 2.04 bits per heavy atom. The lowest BCUT2D eigenvalue weighted by molar-refractivity contribution is -0.136. The summed E-state index contributed by atoms with van der Waals surface area (Å²) in [6.45, 7) is 3.78. The highest BCUT2D eigenvalue weighted by molar-refractivity contribution is 7.91. The van der Waals surface area contributed by atoms with Crippen LogP contribution in [0.1, 0.15) is 42.3 Å². The standard InChI is InChI=1S/C20H25NO6S/c1-3-4-10-21(15-9-11-28(24,25)13-15)18(22)12-26-20(23)19-14(2)16-7-5-6-8-17(16)27-19/h5-8,15H,3-4,9-13H2,1-2H3. The van der Waals surface area contributed by atoms with Crippen LogP contribution in [0.3, 0.4) is 0 Å². The normalized spacial score (nSPS) is 18.3. The van der Waals surface area contributed by atoms with Crippen LogP contribution in [-0.2, 0) is 19.4 Å². The molecule has 0 spiro atoms. The van der Waals surface area contributed by atoms with E-state index in [0.29, 0.717) is 24.1 Å². The second-order valence-electron chi connectivity index (χ2n) is 7.13. The topological polar surface area (TPSA) is 93.9 Å². The number of amides is 1. The summed E-state index contributed by atoms with van der Waals surface area (Å²) in [7, 11) is -3.11. The van der Waals surface area contributed by atoms with E-state index in [9.17, 15) is 18.0 Å². The summed E-state index contributed by atoms with van der Waals surface area (Å²) < 4.78 is 34.3. The number of ether oxygens (including phenoxy) is 1. The van der Waals surface area contributed by atoms with E-state index >= 15 is 0 Å². The van der Waals surface area contributed by atoms with Crippen molar-refractivity contribution < 1.29 is 27.2 Å². The minimum Gasteiger partial charge on any atom is -0.450 e. The van der Waals surface area contributed by atoms with Crippen molar-refractivity contribution in [3.05, 3.63) is 35.6 Å². The molecule has 2 aromatic rings. The summed E-state index contributed by atoms with van der Waals surface area (Å²) in [5.74, 6) is -0.934. The molecule has 3 rings (SSSR count). The molecule has 0 bridgehead atoms. The molecule has 1 amide bonds. The number of furan rings is 1. The lowest BCUT2D eigenvalue weighted by atomic mass is 10.1. The van der Waals surface area contributed by atoms with Crippen molar-refractivity contribution in [3.63, 3.8) is 0 Å². The number of fused-ring (bicyclic) bond motifs is 1. The van der Waals surface area contributed by atoms with E-state index in [1.807, 2.05) is 25.1 Å². The average Bonchev–Trinajstić information content (AvgIpc) is 3.20. The van der Waals surface area contributed by atoms with Crippen molar-refractivity contribution in [3.8, 4) is 0 Å². The number of hydrogen-bond donors (Lipinski definition) is 0. The highest BCUT2D eigenvalue weighted by Crippen LogP contribution is 2.25. The molecular weight excluding hydrogens is 382 g/mol. The number of rotatable bonds is 7. The van der Waals surface area contributed by atoms with Gasteiger partial charge in [-0.15, -0.1) is 0 Å². The fraction of sp³-hybridized carbons (Fsp3) is 0.500. The lowest BCUT2D eigenvalue weighted by Gasteiger charge is -2.28. The molecule has 1 fully saturated rings. The lowest BCUT2D eigenvalue weighted by Crippen LogP contribution is -2.43. The van der Waals surface area contributed by atoms with E-state index in [-0.39, 0.29) is 29.2 Å². The van der Waals surface area contributed by atoms with Crippen LogP contribution in [0.25, 0.3) is 11.0 Å². The van der Waals surface area contributed by atoms with Gasteiger partial charge in [-0.05, 0) is 25.8 Å². The van der Waals surface area contributed by atoms with E-state index in [2.05, 4.69) is 0 Å². The Hall–Kier alpha value is -2.35. The van der Waals surface area contributed by atoms with Gasteiger partial charge in [0.25, 0.3) is 5.91 Å². The summed E-state index contributed by atoms with van der Waals surface area (Å²) in [5.41, 5.74) is 1.25. The monoisotopic (exact) mass is 407 g/mol. The number of carbonyl (C=O) groups excluding carboxylic acids is 2. The number of sulfone groups is 1. The molecule has 0 radical (unpaired) electrons. The van der Waals surface area contributed by atoms with Gasteiger partial charge in [-0.25, -0.2) is 13.2 Å². The number of benzene rings is 1. The molecule has 1 saturated heterocycles. The molecule has 1 aliphatic heterocycles. The molecule has 7 nitrogen and oxygen atoms in total. The SMILES string of the molecule is CCCCN(C(=O)COC(=O)c1oc2ccccc2c1C)C1CCS(=O)(=O)C1. The zero-order valence-corrected chi connectivity index (χ0v) is 17.0. The molecule has 8 heteroatoms. The van der Waals surface area contributed by atoms with Crippen LogP contribution >= 0.6 is 0 Å². The van der Waals surface area contributed by atoms with Crippen LogP contribution in [0.4, 0.5) is 0 Å². The third kappa shape index (κ3) is 4.38. The van der Waals surface area contributed by atoms with Crippen LogP contribution in [0.2, 0.25) is 0 Å². The first-order chi connectivity index (χ1) is 13.3. The van der Waals surface area contributed by atoms with Gasteiger partial charge in [-0.1, -0.05) is 31.5 Å². The fourth-order valence-electron chi connectivity index (χ4n) is 3.51. The highest BCUT2D eigenvalue weighted by atomic mass is 32.2. The molecule has 0 N–H and O–H groups in total. The van der Waals surface area contributed by atoms with Crippen molar-refractivity contribution in [2.75, 3.05) is 24.7 Å². The van der Waals surface area contributed by atoms with Crippen LogP contribution in [-0.4, -0.2) is 55.9 Å². The summed E-state index contributed by atoms with van der Waals surface area (Å²) in [4.78, 5) is 26.6. The first-order valence-corrected chi connectivity index (χ1v) is 11.3. The number of hydrogen-bond acceptors (Lipinski definition) is 6. The van der Waals surface area contributed by atoms with Gasteiger partial charge >= 0.3 is 5.97 Å². The van der Waals surface area contributed by atoms with Crippen molar-refractivity contribution in [2.24, 2.45) is 0 Å². The number of carbonyl (C=O) groups is 2. The molecular formula is C20H25NO6S. The van der Waals surface area contributed by atoms with Crippen molar-refractivity contribution in [1.29, 1.82) is 0 Å². The van der Waals surface area contributed by atoms with E-state index < -0.39 is 22.4 Å². The van der Waals surface area contributed by atoms with E-state index in [1.165, 1.54) is 0 Å². The molecule has 28 heavy (non-hydrogen) atoms. The summed E-state index contributed by atoms with van der Waals surface area (Å²) in [6.07, 6.45) is 2.06. The number of nitrogens with zero attached hydrogens (tertiary/aromatic N) is 1. The Labute approximate surface area is 164 Å². The number of para-hydroxylation sites is 1. The van der Waals surface area contributed by atoms with Gasteiger partial charge in [0.1, 0.15) is 5.58 Å². The maximum atomic E-state index is 12.7. The minimum atomic E-state index is -3.11. The molecule has 0 saturated carbocycles. The Bertz CT molecular complexity index is 978. The van der Waals surface area contributed by atoms with Gasteiger partial charge in [-0.2, -0.15) is 0 Å². The summed E-state index contributed by atoms with van der Waals surface area (Å²) >= 11 is 0. The van der Waals surface area contributed by atoms with Crippen molar-refractivity contribution >= 4 is 32.7 Å². The predicted octanol–water partition coefficient (Wildman–Crippen LogP) is 2.71. The highest BCUT2D eigenvalue weighted by Gasteiger charge is 2.34. The zero-order chi connectivity index (χ0) is 20.3. The van der Waals surface area contributed by atoms with Gasteiger partial charge in [0.05, 0.1) is 11.5 Å². The van der Waals surface area contributed by atoms with Crippen LogP contribution in [0, 0.1) is 6.92 Å². The quantitative estimate of drug-likeness (QED) is 0.655. The van der Waals surface area contributed by atoms with Crippen molar-refractivity contribution in [2.45, 2.75) is 39.2 Å². The molecule has 1 aromatic heterocycles. The Morgan fingerprint density at radius 1 is 1.29 bits per heavy atom. The van der Waals surface area contributed by atoms with E-state index in [1.54, 1.807) is 17.9 Å². The number of aryl methyl sites for hydroxylation is 1. The summed E-state index contributed by atoms with van der Waals surface area (Å²) in [5, 5.41) is 0.821. The Balaban J connectivity index is 1.67. The van der Waals surface area contributed by atoms with Crippen LogP contribution in [0.15, 0.2) is 28.7 Å². The summed E-state index contributed by atoms with van der Waals surface area (Å²) in [6, 6.07) is 6.92. The van der Waals surface area contributed by atoms with Crippen LogP contribution < -0.4 is 0 Å². The van der Waals surface area contributed by atoms with E-state index in [0.717, 1.165) is 18.2 Å². The zero-order valence-electron chi connectivity index (χ0n) is 16.1. The molecule has 1 atom stereocenters. The number of esters is 1. The van der Waals surface area contributed by atoms with Crippen LogP contribution in [0.5, 0.6) is 0 Å². The second kappa shape index (κ2) is 8.34. The van der Waals surface area contributed by atoms with Gasteiger partial charge in [0.15, 0.2) is 16.4 Å². The number of unbranched alkanes of at least 4 members (excludes halogenated alkanes) is 1. The minimum absolute atomic E-state index is 0.0287. The maximum Gasteiger partial charge on any atom is 0.375 e. The van der Waals surface area contributed by atoms with Gasteiger partial charge in [-0.3, -0.25) is 4.79 Å². The van der Waals surface area contributed by atoms with Crippen molar-refractivity contribution in [1.82, 2.24) is 4.90 Å². The van der Waals surface area contributed by atoms with E-state index in [4.69, 9.17) is 9.15 Å². The third-order valence-electron chi connectivity index (χ3n) is 5.08. The first kappa shape index (κ1) is 20.4. The second-order valence-corrected chi connectivity index (χ2v) is 9.35. The van der Waals surface area contributed by atoms with Gasteiger partial charge in [0.2, 0.25) is 5.76 Å². The van der Waals surface area contributed by atoms with Gasteiger partial charge in [0, 0.05) is 23.5 Å². The molecule has 152 valence electrons. The molecule has 0 aliphatic carbocycles. The predicted molar refractivity (Wildman–Crippen MR) is 105 cm³/mol. The molecule has 2 heterocycles. The first-order valence-electron chi connectivity index (χ1n) is 9.47. The molecule has 1 aromatic carbocycles. The van der Waals surface area contributed by atoms with Gasteiger partial charge < -0.3 is 14.1 Å².